The Bertz CT molecular complexity index is 502. The number of nitrogen functional groups attached to an aromatic ring is 1. The number of hydrogen-bond donors (Lipinski definition) is 2. The second kappa shape index (κ2) is 6.13. The van der Waals surface area contributed by atoms with Crippen LogP contribution in [0.1, 0.15) is 28.8 Å². The zero-order valence-electron chi connectivity index (χ0n) is 12.1. The Morgan fingerprint density at radius 1 is 1.55 bits per heavy atom. The number of ether oxygens (including phenoxy) is 1. The average Bonchev–Trinajstić information content (AvgIpc) is 2.90. The minimum Gasteiger partial charge on any atom is -0.465 e. The number of carbonyl (C=O) groups excluding carboxylic acids is 1. The largest absolute Gasteiger partial charge is 0.465 e. The molecule has 1 aromatic rings. The highest BCUT2D eigenvalue weighted by Gasteiger charge is 2.24. The van der Waals surface area contributed by atoms with Gasteiger partial charge in [0, 0.05) is 31.1 Å². The van der Waals surface area contributed by atoms with Crippen molar-refractivity contribution in [3.63, 3.8) is 0 Å². The summed E-state index contributed by atoms with van der Waals surface area (Å²) in [6.45, 7) is 3.97. The Kier molecular flexibility index (Phi) is 4.49. The van der Waals surface area contributed by atoms with Crippen molar-refractivity contribution in [2.45, 2.75) is 19.8 Å². The van der Waals surface area contributed by atoms with Gasteiger partial charge in [-0.15, -0.1) is 0 Å². The molecule has 20 heavy (non-hydrogen) atoms. The Labute approximate surface area is 119 Å². The van der Waals surface area contributed by atoms with Gasteiger partial charge in [0.25, 0.3) is 0 Å². The maximum absolute atomic E-state index is 11.8. The minimum atomic E-state index is -0.404. The number of aliphatic hydroxyl groups is 1. The molecule has 1 unspecified atom stereocenters. The molecule has 1 heterocycles. The molecule has 0 saturated carbocycles. The van der Waals surface area contributed by atoms with Crippen molar-refractivity contribution in [1.82, 2.24) is 0 Å². The van der Waals surface area contributed by atoms with Gasteiger partial charge in [-0.1, -0.05) is 0 Å². The lowest BCUT2D eigenvalue weighted by Gasteiger charge is -2.21. The summed E-state index contributed by atoms with van der Waals surface area (Å²) in [7, 11) is 1.36. The lowest BCUT2D eigenvalue weighted by atomic mass is 10.1. The fraction of sp³-hybridized carbons (Fsp3) is 0.533. The molecule has 0 bridgehead atoms. The van der Waals surface area contributed by atoms with E-state index in [2.05, 4.69) is 4.90 Å². The molecule has 5 nitrogen and oxygen atoms in total. The standard InChI is InChI=1S/C15H22N2O3/c1-10-7-12(8-13(14(10)16)15(19)20-2)17-5-3-11(9-17)4-6-18/h7-8,11,18H,3-6,9,16H2,1-2H3. The molecule has 110 valence electrons. The normalized spacial score (nSPS) is 18.4. The first kappa shape index (κ1) is 14.7. The molecule has 0 amide bonds. The first-order chi connectivity index (χ1) is 9.56. The first-order valence-electron chi connectivity index (χ1n) is 6.91. The summed E-state index contributed by atoms with van der Waals surface area (Å²) in [6, 6.07) is 3.80. The zero-order valence-corrected chi connectivity index (χ0v) is 12.1. The summed E-state index contributed by atoms with van der Waals surface area (Å²) in [5, 5.41) is 9.02. The monoisotopic (exact) mass is 278 g/mol. The van der Waals surface area contributed by atoms with E-state index in [1.165, 1.54) is 7.11 Å². The van der Waals surface area contributed by atoms with Gasteiger partial charge in [-0.3, -0.25) is 0 Å². The number of rotatable bonds is 4. The summed E-state index contributed by atoms with van der Waals surface area (Å²) < 4.78 is 4.78. The molecule has 1 aromatic carbocycles. The molecule has 1 aliphatic rings. The van der Waals surface area contributed by atoms with Gasteiger partial charge in [0.2, 0.25) is 0 Å². The van der Waals surface area contributed by atoms with E-state index >= 15 is 0 Å². The number of methoxy groups -OCH3 is 1. The molecular formula is C15H22N2O3. The maximum atomic E-state index is 11.8. The van der Waals surface area contributed by atoms with Crippen LogP contribution in [0, 0.1) is 12.8 Å². The number of aryl methyl sites for hydroxylation is 1. The summed E-state index contributed by atoms with van der Waals surface area (Å²) in [5.41, 5.74) is 8.73. The predicted octanol–water partition coefficient (Wildman–Crippen LogP) is 1.57. The Morgan fingerprint density at radius 2 is 2.30 bits per heavy atom. The average molecular weight is 278 g/mol. The van der Waals surface area contributed by atoms with Crippen LogP contribution in [0.4, 0.5) is 11.4 Å². The second-order valence-electron chi connectivity index (χ2n) is 5.33. The number of esters is 1. The van der Waals surface area contributed by atoms with Crippen molar-refractivity contribution >= 4 is 17.3 Å². The predicted molar refractivity (Wildman–Crippen MR) is 79.0 cm³/mol. The SMILES string of the molecule is COC(=O)c1cc(N2CCC(CCO)C2)cc(C)c1N. The van der Waals surface area contributed by atoms with E-state index in [4.69, 9.17) is 15.6 Å². The second-order valence-corrected chi connectivity index (χ2v) is 5.33. The van der Waals surface area contributed by atoms with Crippen molar-refractivity contribution < 1.29 is 14.6 Å². The van der Waals surface area contributed by atoms with E-state index in [9.17, 15) is 4.79 Å². The molecule has 1 fully saturated rings. The van der Waals surface area contributed by atoms with E-state index in [-0.39, 0.29) is 6.61 Å². The minimum absolute atomic E-state index is 0.229. The molecule has 1 aliphatic heterocycles. The van der Waals surface area contributed by atoms with E-state index < -0.39 is 5.97 Å². The molecular weight excluding hydrogens is 256 g/mol. The fourth-order valence-electron chi connectivity index (χ4n) is 2.73. The number of hydrogen-bond acceptors (Lipinski definition) is 5. The van der Waals surface area contributed by atoms with Gasteiger partial charge in [0.05, 0.1) is 12.7 Å². The maximum Gasteiger partial charge on any atom is 0.340 e. The first-order valence-corrected chi connectivity index (χ1v) is 6.91. The summed E-state index contributed by atoms with van der Waals surface area (Å²) in [4.78, 5) is 14.0. The third kappa shape index (κ3) is 2.88. The molecule has 1 atom stereocenters. The molecule has 0 radical (unpaired) electrons. The Hall–Kier alpha value is -1.75. The molecule has 2 rings (SSSR count). The van der Waals surface area contributed by atoms with Crippen LogP contribution in [0.2, 0.25) is 0 Å². The molecule has 0 aromatic heterocycles. The molecule has 3 N–H and O–H groups in total. The topological polar surface area (TPSA) is 75.8 Å². The number of nitrogens with zero attached hydrogens (tertiary/aromatic N) is 1. The van der Waals surface area contributed by atoms with Crippen LogP contribution in [-0.4, -0.2) is 37.9 Å². The molecule has 0 aliphatic carbocycles. The van der Waals surface area contributed by atoms with Gasteiger partial charge in [0.15, 0.2) is 0 Å². The van der Waals surface area contributed by atoms with Crippen molar-refractivity contribution in [3.05, 3.63) is 23.3 Å². The number of benzene rings is 1. The lowest BCUT2D eigenvalue weighted by molar-refractivity contribution is 0.0602. The Morgan fingerprint density at radius 3 is 2.95 bits per heavy atom. The smallest absolute Gasteiger partial charge is 0.340 e. The quantitative estimate of drug-likeness (QED) is 0.646. The number of nitrogens with two attached hydrogens (primary N) is 1. The zero-order chi connectivity index (χ0) is 14.7. The van der Waals surface area contributed by atoms with Crippen LogP contribution in [0.15, 0.2) is 12.1 Å². The van der Waals surface area contributed by atoms with Crippen LogP contribution >= 0.6 is 0 Å². The molecule has 5 heteroatoms. The van der Waals surface area contributed by atoms with Crippen molar-refractivity contribution in [1.29, 1.82) is 0 Å². The van der Waals surface area contributed by atoms with Crippen molar-refractivity contribution in [3.8, 4) is 0 Å². The van der Waals surface area contributed by atoms with Crippen LogP contribution in [0.3, 0.4) is 0 Å². The highest BCUT2D eigenvalue weighted by Crippen LogP contribution is 2.30. The number of carbonyl (C=O) groups is 1. The van der Waals surface area contributed by atoms with Crippen LogP contribution in [0.5, 0.6) is 0 Å². The summed E-state index contributed by atoms with van der Waals surface area (Å²) in [5.74, 6) is 0.109. The van der Waals surface area contributed by atoms with Gasteiger partial charge >= 0.3 is 5.97 Å². The van der Waals surface area contributed by atoms with Gasteiger partial charge in [-0.05, 0) is 43.4 Å². The summed E-state index contributed by atoms with van der Waals surface area (Å²) in [6.07, 6.45) is 1.89. The molecule has 1 saturated heterocycles. The summed E-state index contributed by atoms with van der Waals surface area (Å²) >= 11 is 0. The Balaban J connectivity index is 2.25. The number of aliphatic hydroxyl groups excluding tert-OH is 1. The van der Waals surface area contributed by atoms with Crippen LogP contribution in [-0.2, 0) is 4.74 Å². The van der Waals surface area contributed by atoms with Gasteiger partial charge in [-0.2, -0.15) is 0 Å². The van der Waals surface area contributed by atoms with Crippen molar-refractivity contribution in [2.75, 3.05) is 37.4 Å². The highest BCUT2D eigenvalue weighted by molar-refractivity contribution is 5.97. The third-order valence-corrected chi connectivity index (χ3v) is 3.97. The van der Waals surface area contributed by atoms with Crippen LogP contribution in [0.25, 0.3) is 0 Å². The fourth-order valence-corrected chi connectivity index (χ4v) is 2.73. The van der Waals surface area contributed by atoms with Crippen LogP contribution < -0.4 is 10.6 Å². The van der Waals surface area contributed by atoms with E-state index in [1.807, 2.05) is 13.0 Å². The highest BCUT2D eigenvalue weighted by atomic mass is 16.5. The van der Waals surface area contributed by atoms with Gasteiger partial charge in [0.1, 0.15) is 0 Å². The van der Waals surface area contributed by atoms with E-state index in [0.29, 0.717) is 17.2 Å². The lowest BCUT2D eigenvalue weighted by Crippen LogP contribution is -2.21. The van der Waals surface area contributed by atoms with E-state index in [0.717, 1.165) is 37.2 Å². The third-order valence-electron chi connectivity index (χ3n) is 3.97. The van der Waals surface area contributed by atoms with E-state index in [1.54, 1.807) is 6.07 Å². The van der Waals surface area contributed by atoms with Gasteiger partial charge < -0.3 is 20.5 Å². The van der Waals surface area contributed by atoms with Gasteiger partial charge in [-0.25, -0.2) is 4.79 Å². The molecule has 0 spiro atoms. The number of anilines is 2. The van der Waals surface area contributed by atoms with Crippen molar-refractivity contribution in [2.24, 2.45) is 5.92 Å².